The lowest BCUT2D eigenvalue weighted by molar-refractivity contribution is 0.0733. The minimum Gasteiger partial charge on any atom is -0.385 e. The van der Waals surface area contributed by atoms with E-state index in [2.05, 4.69) is 15.6 Å². The molecule has 0 aromatic heterocycles. The van der Waals surface area contributed by atoms with Crippen LogP contribution in [0.3, 0.4) is 0 Å². The molecule has 0 unspecified atom stereocenters. The van der Waals surface area contributed by atoms with E-state index in [-0.39, 0.29) is 22.6 Å². The first-order valence-electron chi connectivity index (χ1n) is 8.83. The van der Waals surface area contributed by atoms with E-state index in [1.54, 1.807) is 14.2 Å². The highest BCUT2D eigenvalue weighted by atomic mass is 32.2. The molecule has 2 rings (SSSR count). The van der Waals surface area contributed by atoms with Crippen LogP contribution in [-0.2, 0) is 14.6 Å². The van der Waals surface area contributed by atoms with E-state index in [0.717, 1.165) is 38.5 Å². The number of nitrogens with zero attached hydrogens (tertiary/aromatic N) is 1. The maximum Gasteiger partial charge on any atom is 0.191 e. The highest BCUT2D eigenvalue weighted by molar-refractivity contribution is 7.91. The SMILES string of the molecule is CN=C(NCCS(=O)(=O)c1ccccc1F)NCC1(CCOC)CCC1. The minimum absolute atomic E-state index is 0.154. The van der Waals surface area contributed by atoms with E-state index in [1.165, 1.54) is 24.6 Å². The fourth-order valence-electron chi connectivity index (χ4n) is 3.11. The molecule has 1 aliphatic rings. The molecule has 0 amide bonds. The van der Waals surface area contributed by atoms with Crippen LogP contribution in [0.25, 0.3) is 0 Å². The van der Waals surface area contributed by atoms with E-state index in [1.807, 2.05) is 0 Å². The Morgan fingerprint density at radius 3 is 2.62 bits per heavy atom. The van der Waals surface area contributed by atoms with Gasteiger partial charge in [-0.1, -0.05) is 18.6 Å². The molecular formula is C18H28FN3O3S. The first-order chi connectivity index (χ1) is 12.4. The number of nitrogens with one attached hydrogen (secondary N) is 2. The Morgan fingerprint density at radius 1 is 1.31 bits per heavy atom. The molecule has 1 aliphatic carbocycles. The monoisotopic (exact) mass is 385 g/mol. The van der Waals surface area contributed by atoms with Crippen LogP contribution in [0.4, 0.5) is 4.39 Å². The molecule has 0 atom stereocenters. The van der Waals surface area contributed by atoms with Crippen LogP contribution >= 0.6 is 0 Å². The third kappa shape index (κ3) is 5.41. The maximum absolute atomic E-state index is 13.7. The normalized spacial score (nSPS) is 16.8. The summed E-state index contributed by atoms with van der Waals surface area (Å²) >= 11 is 0. The quantitative estimate of drug-likeness (QED) is 0.502. The van der Waals surface area contributed by atoms with Crippen LogP contribution in [0.2, 0.25) is 0 Å². The molecule has 1 fully saturated rings. The van der Waals surface area contributed by atoms with Crippen LogP contribution in [0, 0.1) is 11.2 Å². The van der Waals surface area contributed by atoms with Crippen molar-refractivity contribution >= 4 is 15.8 Å². The summed E-state index contributed by atoms with van der Waals surface area (Å²) in [5, 5.41) is 6.27. The summed E-state index contributed by atoms with van der Waals surface area (Å²) in [5.74, 6) is -0.374. The zero-order chi connectivity index (χ0) is 19.0. The van der Waals surface area contributed by atoms with E-state index in [9.17, 15) is 12.8 Å². The van der Waals surface area contributed by atoms with Crippen molar-refractivity contribution in [3.05, 3.63) is 30.1 Å². The summed E-state index contributed by atoms with van der Waals surface area (Å²) in [7, 11) is -0.334. The highest BCUT2D eigenvalue weighted by Crippen LogP contribution is 2.43. The van der Waals surface area contributed by atoms with Gasteiger partial charge < -0.3 is 15.4 Å². The number of sulfone groups is 1. The average Bonchev–Trinajstić information content (AvgIpc) is 2.59. The second-order valence-electron chi connectivity index (χ2n) is 6.70. The van der Waals surface area contributed by atoms with E-state index >= 15 is 0 Å². The molecule has 2 N–H and O–H groups in total. The third-order valence-electron chi connectivity index (χ3n) is 4.94. The van der Waals surface area contributed by atoms with Crippen molar-refractivity contribution in [2.75, 3.05) is 39.6 Å². The lowest BCUT2D eigenvalue weighted by Crippen LogP contribution is -2.47. The summed E-state index contributed by atoms with van der Waals surface area (Å²) in [5.41, 5.74) is 0.229. The smallest absolute Gasteiger partial charge is 0.191 e. The van der Waals surface area contributed by atoms with Gasteiger partial charge in [-0.15, -0.1) is 0 Å². The Hall–Kier alpha value is -1.67. The van der Waals surface area contributed by atoms with Gasteiger partial charge in [0.15, 0.2) is 15.8 Å². The number of methoxy groups -OCH3 is 1. The Bertz CT molecular complexity index is 718. The lowest BCUT2D eigenvalue weighted by Gasteiger charge is -2.42. The van der Waals surface area contributed by atoms with Crippen LogP contribution < -0.4 is 10.6 Å². The van der Waals surface area contributed by atoms with Gasteiger partial charge in [0, 0.05) is 33.9 Å². The van der Waals surface area contributed by atoms with Crippen molar-refractivity contribution in [1.29, 1.82) is 0 Å². The highest BCUT2D eigenvalue weighted by Gasteiger charge is 2.36. The Labute approximate surface area is 155 Å². The third-order valence-corrected chi connectivity index (χ3v) is 6.68. The maximum atomic E-state index is 13.7. The summed E-state index contributed by atoms with van der Waals surface area (Å²) < 4.78 is 43.4. The van der Waals surface area contributed by atoms with Crippen LogP contribution in [-0.4, -0.2) is 54.0 Å². The molecule has 0 aliphatic heterocycles. The Balaban J connectivity index is 1.83. The average molecular weight is 386 g/mol. The number of halogens is 1. The first kappa shape index (κ1) is 20.6. The van der Waals surface area contributed by atoms with Crippen molar-refractivity contribution in [2.45, 2.75) is 30.6 Å². The number of hydrogen-bond acceptors (Lipinski definition) is 4. The van der Waals surface area contributed by atoms with Gasteiger partial charge in [0.05, 0.1) is 5.75 Å². The molecule has 0 heterocycles. The molecule has 6 nitrogen and oxygen atoms in total. The summed E-state index contributed by atoms with van der Waals surface area (Å²) in [6.45, 7) is 1.66. The number of benzene rings is 1. The molecule has 8 heteroatoms. The molecule has 1 saturated carbocycles. The number of ether oxygens (including phenoxy) is 1. The molecular weight excluding hydrogens is 357 g/mol. The zero-order valence-corrected chi connectivity index (χ0v) is 16.2. The van der Waals surface area contributed by atoms with Crippen LogP contribution in [0.15, 0.2) is 34.2 Å². The van der Waals surface area contributed by atoms with E-state index in [4.69, 9.17) is 4.74 Å². The molecule has 26 heavy (non-hydrogen) atoms. The molecule has 146 valence electrons. The standard InChI is InChI=1S/C18H28FN3O3S/c1-20-17(22-14-18(8-5-9-18)10-12-25-2)21-11-13-26(23,24)16-7-4-3-6-15(16)19/h3-4,6-7H,5,8-14H2,1-2H3,(H2,20,21,22). The van der Waals surface area contributed by atoms with Crippen molar-refractivity contribution in [3.63, 3.8) is 0 Å². The molecule has 0 bridgehead atoms. The first-order valence-corrected chi connectivity index (χ1v) is 10.5. The van der Waals surface area contributed by atoms with Crippen molar-refractivity contribution in [1.82, 2.24) is 10.6 Å². The summed E-state index contributed by atoms with van der Waals surface area (Å²) in [6, 6.07) is 5.42. The zero-order valence-electron chi connectivity index (χ0n) is 15.4. The van der Waals surface area contributed by atoms with Crippen molar-refractivity contribution in [2.24, 2.45) is 10.4 Å². The second-order valence-corrected chi connectivity index (χ2v) is 8.78. The van der Waals surface area contributed by atoms with Gasteiger partial charge in [-0.3, -0.25) is 4.99 Å². The Kier molecular flexibility index (Phi) is 7.40. The number of hydrogen-bond donors (Lipinski definition) is 2. The summed E-state index contributed by atoms with van der Waals surface area (Å²) in [6.07, 6.45) is 4.53. The minimum atomic E-state index is -3.68. The largest absolute Gasteiger partial charge is 0.385 e. The predicted octanol–water partition coefficient (Wildman–Crippen LogP) is 1.97. The van der Waals surface area contributed by atoms with E-state index < -0.39 is 15.7 Å². The van der Waals surface area contributed by atoms with Gasteiger partial charge in [-0.25, -0.2) is 12.8 Å². The molecule has 0 spiro atoms. The topological polar surface area (TPSA) is 79.8 Å². The number of aliphatic imine (C=N–C) groups is 1. The van der Waals surface area contributed by atoms with Gasteiger partial charge in [0.25, 0.3) is 0 Å². The molecule has 0 saturated heterocycles. The van der Waals surface area contributed by atoms with Crippen LogP contribution in [0.1, 0.15) is 25.7 Å². The predicted molar refractivity (Wildman–Crippen MR) is 101 cm³/mol. The molecule has 1 aromatic carbocycles. The molecule has 0 radical (unpaired) electrons. The van der Waals surface area contributed by atoms with Crippen molar-refractivity contribution < 1.29 is 17.5 Å². The van der Waals surface area contributed by atoms with Crippen molar-refractivity contribution in [3.8, 4) is 0 Å². The van der Waals surface area contributed by atoms with Gasteiger partial charge >= 0.3 is 0 Å². The van der Waals surface area contributed by atoms with Gasteiger partial charge in [-0.2, -0.15) is 0 Å². The Morgan fingerprint density at radius 2 is 2.04 bits per heavy atom. The number of rotatable bonds is 9. The fraction of sp³-hybridized carbons (Fsp3) is 0.611. The lowest BCUT2D eigenvalue weighted by atomic mass is 9.67. The molecule has 1 aromatic rings. The van der Waals surface area contributed by atoms with Crippen LogP contribution in [0.5, 0.6) is 0 Å². The van der Waals surface area contributed by atoms with Gasteiger partial charge in [0.2, 0.25) is 0 Å². The number of guanidine groups is 1. The van der Waals surface area contributed by atoms with Gasteiger partial charge in [0.1, 0.15) is 10.7 Å². The summed E-state index contributed by atoms with van der Waals surface area (Å²) in [4.78, 5) is 3.87. The fourth-order valence-corrected chi connectivity index (χ4v) is 4.35. The van der Waals surface area contributed by atoms with E-state index in [0.29, 0.717) is 5.96 Å². The van der Waals surface area contributed by atoms with Gasteiger partial charge in [-0.05, 0) is 36.8 Å². The second kappa shape index (κ2) is 9.32.